The molecule has 1 fully saturated rings. The summed E-state index contributed by atoms with van der Waals surface area (Å²) in [5.41, 5.74) is 11.6. The zero-order valence-corrected chi connectivity index (χ0v) is 16.1. The molecule has 0 spiro atoms. The molecule has 0 radical (unpaired) electrons. The lowest BCUT2D eigenvalue weighted by molar-refractivity contribution is -0.122. The van der Waals surface area contributed by atoms with Crippen molar-refractivity contribution >= 4 is 12.1 Å². The van der Waals surface area contributed by atoms with E-state index in [-0.39, 0.29) is 17.7 Å². The summed E-state index contributed by atoms with van der Waals surface area (Å²) < 4.78 is 5.34. The number of nitrogens with zero attached hydrogens (tertiary/aromatic N) is 1. The van der Waals surface area contributed by atoms with E-state index in [1.807, 2.05) is 6.92 Å². The molecule has 2 atom stereocenters. The Bertz CT molecular complexity index is 836. The zero-order valence-electron chi connectivity index (χ0n) is 16.1. The summed E-state index contributed by atoms with van der Waals surface area (Å²) in [5.74, 6) is 0.145. The van der Waals surface area contributed by atoms with Gasteiger partial charge in [-0.1, -0.05) is 37.3 Å². The maximum atomic E-state index is 12.4. The number of ether oxygens (including phenoxy) is 1. The van der Waals surface area contributed by atoms with Crippen LogP contribution in [0.1, 0.15) is 43.0 Å². The smallest absolute Gasteiger partial charge is 0.258 e. The maximum Gasteiger partial charge on any atom is 0.258 e. The number of hydrogen-bond acceptors (Lipinski definition) is 6. The molecule has 3 rings (SSSR count). The van der Waals surface area contributed by atoms with E-state index in [0.29, 0.717) is 24.3 Å². The molecule has 148 valence electrons. The van der Waals surface area contributed by atoms with Crippen molar-refractivity contribution in [2.75, 3.05) is 6.61 Å². The Morgan fingerprint density at radius 1 is 1.25 bits per heavy atom. The van der Waals surface area contributed by atoms with Crippen molar-refractivity contribution < 1.29 is 14.6 Å². The van der Waals surface area contributed by atoms with Gasteiger partial charge in [0, 0.05) is 11.6 Å². The van der Waals surface area contributed by atoms with Gasteiger partial charge in [-0.2, -0.15) is 5.10 Å². The molecule has 0 saturated carbocycles. The van der Waals surface area contributed by atoms with Gasteiger partial charge in [-0.05, 0) is 43.0 Å². The second-order valence-corrected chi connectivity index (χ2v) is 6.59. The SMILES string of the molecule is CCOc1cccc(/C=N/NC(=O)C2CC(c3ccc(CC)cc3)NN2)c1O. The molecule has 4 N–H and O–H groups in total. The predicted octanol–water partition coefficient (Wildman–Crippen LogP) is 2.41. The zero-order chi connectivity index (χ0) is 19.9. The van der Waals surface area contributed by atoms with Crippen LogP contribution in [0.3, 0.4) is 0 Å². The number of carbonyl (C=O) groups excluding carboxylic acids is 1. The molecule has 1 saturated heterocycles. The van der Waals surface area contributed by atoms with E-state index in [9.17, 15) is 9.90 Å². The molecular formula is C21H26N4O3. The topological polar surface area (TPSA) is 95.0 Å². The minimum Gasteiger partial charge on any atom is -0.504 e. The molecule has 7 nitrogen and oxygen atoms in total. The minimum absolute atomic E-state index is 0.00130. The van der Waals surface area contributed by atoms with Gasteiger partial charge in [-0.25, -0.2) is 16.3 Å². The first-order chi connectivity index (χ1) is 13.6. The molecule has 1 heterocycles. The van der Waals surface area contributed by atoms with E-state index in [0.717, 1.165) is 12.0 Å². The lowest BCUT2D eigenvalue weighted by Crippen LogP contribution is -2.41. The summed E-state index contributed by atoms with van der Waals surface area (Å²) in [7, 11) is 0. The third-order valence-corrected chi connectivity index (χ3v) is 4.72. The van der Waals surface area contributed by atoms with Gasteiger partial charge < -0.3 is 9.84 Å². The molecule has 2 aromatic rings. The third kappa shape index (κ3) is 4.68. The van der Waals surface area contributed by atoms with Crippen molar-refractivity contribution in [1.29, 1.82) is 0 Å². The van der Waals surface area contributed by atoms with Gasteiger partial charge >= 0.3 is 0 Å². The number of phenolic OH excluding ortho intramolecular Hbond substituents is 1. The summed E-state index contributed by atoms with van der Waals surface area (Å²) in [6.07, 6.45) is 3.03. The quantitative estimate of drug-likeness (QED) is 0.436. The molecule has 1 aliphatic rings. The maximum absolute atomic E-state index is 12.4. The van der Waals surface area contributed by atoms with Crippen LogP contribution in [-0.4, -0.2) is 29.9 Å². The Hall–Kier alpha value is -2.90. The number of hydrazone groups is 1. The van der Waals surface area contributed by atoms with Crippen molar-refractivity contribution in [1.82, 2.24) is 16.3 Å². The monoisotopic (exact) mass is 382 g/mol. The highest BCUT2D eigenvalue weighted by Crippen LogP contribution is 2.28. The average Bonchev–Trinajstić information content (AvgIpc) is 3.21. The fourth-order valence-corrected chi connectivity index (χ4v) is 3.09. The van der Waals surface area contributed by atoms with Crippen molar-refractivity contribution in [3.63, 3.8) is 0 Å². The van der Waals surface area contributed by atoms with E-state index in [1.54, 1.807) is 18.2 Å². The van der Waals surface area contributed by atoms with Crippen LogP contribution in [0.25, 0.3) is 0 Å². The van der Waals surface area contributed by atoms with Crippen LogP contribution in [0.2, 0.25) is 0 Å². The molecule has 2 unspecified atom stereocenters. The number of hydrogen-bond donors (Lipinski definition) is 4. The largest absolute Gasteiger partial charge is 0.504 e. The number of rotatable bonds is 7. The molecule has 0 aliphatic carbocycles. The number of para-hydroxylation sites is 1. The number of benzene rings is 2. The van der Waals surface area contributed by atoms with Gasteiger partial charge in [0.15, 0.2) is 11.5 Å². The fourth-order valence-electron chi connectivity index (χ4n) is 3.09. The lowest BCUT2D eigenvalue weighted by atomic mass is 10.00. The van der Waals surface area contributed by atoms with Crippen LogP contribution in [0.5, 0.6) is 11.5 Å². The standard InChI is InChI=1S/C21H26N4O3/c1-3-14-8-10-15(11-9-14)17-12-18(24-23-17)21(27)25-22-13-16-6-5-7-19(20(16)26)28-4-2/h5-11,13,17-18,23-24,26H,3-4,12H2,1-2H3,(H,25,27)/b22-13+. The van der Waals surface area contributed by atoms with Crippen LogP contribution in [-0.2, 0) is 11.2 Å². The van der Waals surface area contributed by atoms with E-state index in [2.05, 4.69) is 52.6 Å². The summed E-state index contributed by atoms with van der Waals surface area (Å²) >= 11 is 0. The van der Waals surface area contributed by atoms with E-state index >= 15 is 0 Å². The van der Waals surface area contributed by atoms with E-state index < -0.39 is 6.04 Å². The molecule has 2 aromatic carbocycles. The van der Waals surface area contributed by atoms with Crippen LogP contribution < -0.4 is 21.0 Å². The van der Waals surface area contributed by atoms with Crippen LogP contribution in [0, 0.1) is 0 Å². The highest BCUT2D eigenvalue weighted by atomic mass is 16.5. The first-order valence-corrected chi connectivity index (χ1v) is 9.50. The van der Waals surface area contributed by atoms with Gasteiger partial charge in [0.05, 0.1) is 12.8 Å². The van der Waals surface area contributed by atoms with Crippen molar-refractivity contribution in [2.24, 2.45) is 5.10 Å². The normalized spacial score (nSPS) is 19.1. The summed E-state index contributed by atoms with van der Waals surface area (Å²) in [6.45, 7) is 4.42. The Balaban J connectivity index is 1.55. The van der Waals surface area contributed by atoms with Gasteiger partial charge in [-0.15, -0.1) is 0 Å². The van der Waals surface area contributed by atoms with Gasteiger partial charge in [-0.3, -0.25) is 4.79 Å². The van der Waals surface area contributed by atoms with Gasteiger partial charge in [0.2, 0.25) is 0 Å². The number of hydrazine groups is 1. The summed E-state index contributed by atoms with van der Waals surface area (Å²) in [4.78, 5) is 12.4. The summed E-state index contributed by atoms with van der Waals surface area (Å²) in [5, 5.41) is 14.1. The number of nitrogens with one attached hydrogen (secondary N) is 3. The van der Waals surface area contributed by atoms with Crippen molar-refractivity contribution in [3.8, 4) is 11.5 Å². The average molecular weight is 382 g/mol. The van der Waals surface area contributed by atoms with Crippen molar-refractivity contribution in [2.45, 2.75) is 38.8 Å². The molecule has 1 amide bonds. The number of amides is 1. The van der Waals surface area contributed by atoms with Gasteiger partial charge in [0.25, 0.3) is 5.91 Å². The summed E-state index contributed by atoms with van der Waals surface area (Å²) in [6, 6.07) is 13.2. The molecular weight excluding hydrogens is 356 g/mol. The lowest BCUT2D eigenvalue weighted by Gasteiger charge is -2.10. The second kappa shape index (κ2) is 9.34. The molecule has 1 aliphatic heterocycles. The van der Waals surface area contributed by atoms with Crippen molar-refractivity contribution in [3.05, 3.63) is 59.2 Å². The highest BCUT2D eigenvalue weighted by molar-refractivity contribution is 5.87. The van der Waals surface area contributed by atoms with Gasteiger partial charge in [0.1, 0.15) is 6.04 Å². The number of aryl methyl sites for hydroxylation is 1. The second-order valence-electron chi connectivity index (χ2n) is 6.59. The Morgan fingerprint density at radius 2 is 2.04 bits per heavy atom. The Kier molecular flexibility index (Phi) is 6.62. The number of aromatic hydroxyl groups is 1. The van der Waals surface area contributed by atoms with E-state index in [4.69, 9.17) is 4.74 Å². The van der Waals surface area contributed by atoms with Crippen LogP contribution in [0.15, 0.2) is 47.6 Å². The molecule has 0 bridgehead atoms. The minimum atomic E-state index is -0.392. The molecule has 0 aromatic heterocycles. The first-order valence-electron chi connectivity index (χ1n) is 9.50. The Labute approximate surface area is 164 Å². The molecule has 28 heavy (non-hydrogen) atoms. The number of carbonyl (C=O) groups is 1. The highest BCUT2D eigenvalue weighted by Gasteiger charge is 2.29. The fraction of sp³-hybridized carbons (Fsp3) is 0.333. The van der Waals surface area contributed by atoms with E-state index in [1.165, 1.54) is 11.8 Å². The van der Waals surface area contributed by atoms with Crippen LogP contribution >= 0.6 is 0 Å². The van der Waals surface area contributed by atoms with Crippen LogP contribution in [0.4, 0.5) is 0 Å². The predicted molar refractivity (Wildman–Crippen MR) is 108 cm³/mol. The Morgan fingerprint density at radius 3 is 2.75 bits per heavy atom. The molecule has 7 heteroatoms. The third-order valence-electron chi connectivity index (χ3n) is 4.72. The number of phenols is 1. The first kappa shape index (κ1) is 19.9.